The summed E-state index contributed by atoms with van der Waals surface area (Å²) in [6.07, 6.45) is 0. The Morgan fingerprint density at radius 1 is 1.00 bits per heavy atom. The van der Waals surface area contributed by atoms with Crippen LogP contribution in [-0.2, 0) is 4.79 Å². The Bertz CT molecular complexity index is 900. The molecule has 25 heavy (non-hydrogen) atoms. The van der Waals surface area contributed by atoms with Crippen molar-refractivity contribution in [3.63, 3.8) is 0 Å². The van der Waals surface area contributed by atoms with Gasteiger partial charge in [-0.1, -0.05) is 24.3 Å². The maximum atomic E-state index is 12.1. The second-order valence-electron chi connectivity index (χ2n) is 5.69. The number of ether oxygens (including phenoxy) is 1. The first-order valence-corrected chi connectivity index (χ1v) is 8.62. The van der Waals surface area contributed by atoms with Crippen LogP contribution in [0.25, 0.3) is 10.1 Å². The smallest absolute Gasteiger partial charge is 0.279 e. The normalized spacial score (nSPS) is 10.5. The average Bonchev–Trinajstić information content (AvgIpc) is 3.05. The third kappa shape index (κ3) is 4.16. The summed E-state index contributed by atoms with van der Waals surface area (Å²) in [7, 11) is 0. The molecule has 2 amide bonds. The molecule has 0 saturated heterocycles. The molecule has 0 aliphatic carbocycles. The molecule has 0 fully saturated rings. The van der Waals surface area contributed by atoms with E-state index in [0.29, 0.717) is 10.6 Å². The average molecular weight is 354 g/mol. The molecule has 1 aromatic heterocycles. The monoisotopic (exact) mass is 354 g/mol. The highest BCUT2D eigenvalue weighted by Gasteiger charge is 2.11. The van der Waals surface area contributed by atoms with Gasteiger partial charge in [-0.25, -0.2) is 0 Å². The molecule has 3 aromatic rings. The number of fused-ring (bicyclic) bond motifs is 1. The first kappa shape index (κ1) is 17.0. The number of nitrogens with one attached hydrogen (secondary N) is 2. The number of hydrazine groups is 1. The Morgan fingerprint density at radius 2 is 1.80 bits per heavy atom. The summed E-state index contributed by atoms with van der Waals surface area (Å²) >= 11 is 1.38. The summed E-state index contributed by atoms with van der Waals surface area (Å²) in [6, 6.07) is 15.2. The lowest BCUT2D eigenvalue weighted by Gasteiger charge is -2.09. The van der Waals surface area contributed by atoms with Crippen molar-refractivity contribution >= 4 is 33.2 Å². The number of rotatable bonds is 4. The minimum absolute atomic E-state index is 0.171. The minimum Gasteiger partial charge on any atom is -0.484 e. The van der Waals surface area contributed by atoms with Crippen LogP contribution in [0, 0.1) is 13.8 Å². The highest BCUT2D eigenvalue weighted by Crippen LogP contribution is 2.24. The summed E-state index contributed by atoms with van der Waals surface area (Å²) in [5.41, 5.74) is 7.03. The summed E-state index contributed by atoms with van der Waals surface area (Å²) < 4.78 is 6.45. The summed E-state index contributed by atoms with van der Waals surface area (Å²) in [4.78, 5) is 24.5. The Hall–Kier alpha value is -2.86. The summed E-state index contributed by atoms with van der Waals surface area (Å²) in [5, 5.41) is 1.00. The van der Waals surface area contributed by atoms with Crippen LogP contribution in [0.15, 0.2) is 48.5 Å². The van der Waals surface area contributed by atoms with Gasteiger partial charge >= 0.3 is 0 Å². The van der Waals surface area contributed by atoms with E-state index in [-0.39, 0.29) is 12.5 Å². The quantitative estimate of drug-likeness (QED) is 0.706. The van der Waals surface area contributed by atoms with Crippen molar-refractivity contribution in [2.45, 2.75) is 13.8 Å². The van der Waals surface area contributed by atoms with Gasteiger partial charge in [0.05, 0.1) is 4.88 Å². The SMILES string of the molecule is Cc1ccc(OCC(=O)NNC(=O)c2cc3ccccc3s2)cc1C. The summed E-state index contributed by atoms with van der Waals surface area (Å²) in [5.74, 6) is -0.150. The molecular formula is C19H18N2O3S. The van der Waals surface area contributed by atoms with Crippen molar-refractivity contribution in [3.05, 3.63) is 64.5 Å². The van der Waals surface area contributed by atoms with Crippen molar-refractivity contribution in [1.82, 2.24) is 10.9 Å². The van der Waals surface area contributed by atoms with Crippen LogP contribution in [0.4, 0.5) is 0 Å². The number of hydrogen-bond donors (Lipinski definition) is 2. The number of amides is 2. The zero-order valence-corrected chi connectivity index (χ0v) is 14.8. The maximum Gasteiger partial charge on any atom is 0.279 e. The van der Waals surface area contributed by atoms with E-state index in [0.717, 1.165) is 21.2 Å². The number of thiophene rings is 1. The topological polar surface area (TPSA) is 67.4 Å². The number of hydrogen-bond acceptors (Lipinski definition) is 4. The number of carbonyl (C=O) groups excluding carboxylic acids is 2. The van der Waals surface area contributed by atoms with Gasteiger partial charge in [-0.15, -0.1) is 11.3 Å². The molecule has 128 valence electrons. The largest absolute Gasteiger partial charge is 0.484 e. The fourth-order valence-corrected chi connectivity index (χ4v) is 3.23. The minimum atomic E-state index is -0.423. The Balaban J connectivity index is 1.51. The summed E-state index contributed by atoms with van der Waals surface area (Å²) in [6.45, 7) is 3.82. The Morgan fingerprint density at radius 3 is 2.56 bits per heavy atom. The van der Waals surface area contributed by atoms with E-state index in [1.807, 2.05) is 56.3 Å². The lowest BCUT2D eigenvalue weighted by Crippen LogP contribution is -2.43. The number of aryl methyl sites for hydroxylation is 2. The highest BCUT2D eigenvalue weighted by atomic mass is 32.1. The van der Waals surface area contributed by atoms with Gasteiger partial charge in [-0.3, -0.25) is 20.4 Å². The molecule has 2 aromatic carbocycles. The van der Waals surface area contributed by atoms with Crippen molar-refractivity contribution in [2.24, 2.45) is 0 Å². The molecule has 0 spiro atoms. The molecule has 0 aliphatic rings. The van der Waals surface area contributed by atoms with E-state index >= 15 is 0 Å². The lowest BCUT2D eigenvalue weighted by atomic mass is 10.1. The highest BCUT2D eigenvalue weighted by molar-refractivity contribution is 7.20. The van der Waals surface area contributed by atoms with E-state index < -0.39 is 5.91 Å². The van der Waals surface area contributed by atoms with Gasteiger partial charge in [0.15, 0.2) is 6.61 Å². The standard InChI is InChI=1S/C19H18N2O3S/c1-12-7-8-15(9-13(12)2)24-11-18(22)20-21-19(23)17-10-14-5-3-4-6-16(14)25-17/h3-10H,11H2,1-2H3,(H,20,22)(H,21,23). The molecule has 3 rings (SSSR count). The van der Waals surface area contributed by atoms with E-state index in [9.17, 15) is 9.59 Å². The molecule has 0 unspecified atom stereocenters. The van der Waals surface area contributed by atoms with Crippen molar-refractivity contribution < 1.29 is 14.3 Å². The molecule has 0 saturated carbocycles. The molecule has 0 atom stereocenters. The fraction of sp³-hybridized carbons (Fsp3) is 0.158. The second-order valence-corrected chi connectivity index (χ2v) is 6.77. The zero-order valence-electron chi connectivity index (χ0n) is 14.0. The Kier molecular flexibility index (Phi) is 5.00. The van der Waals surface area contributed by atoms with Crippen LogP contribution in [0.2, 0.25) is 0 Å². The van der Waals surface area contributed by atoms with Crippen molar-refractivity contribution in [2.75, 3.05) is 6.61 Å². The second kappa shape index (κ2) is 7.36. The fourth-order valence-electron chi connectivity index (χ4n) is 2.27. The Labute approximate surface area is 149 Å². The van der Waals surface area contributed by atoms with Crippen LogP contribution in [0.5, 0.6) is 5.75 Å². The molecule has 2 N–H and O–H groups in total. The van der Waals surface area contributed by atoms with Crippen LogP contribution in [0.1, 0.15) is 20.8 Å². The van der Waals surface area contributed by atoms with E-state index in [4.69, 9.17) is 4.74 Å². The number of benzene rings is 2. The third-order valence-electron chi connectivity index (χ3n) is 3.81. The molecule has 0 bridgehead atoms. The van der Waals surface area contributed by atoms with Crippen LogP contribution in [-0.4, -0.2) is 18.4 Å². The first-order valence-electron chi connectivity index (χ1n) is 7.81. The van der Waals surface area contributed by atoms with Gasteiger partial charge < -0.3 is 4.74 Å². The number of carbonyl (C=O) groups is 2. The van der Waals surface area contributed by atoms with Gasteiger partial charge in [-0.2, -0.15) is 0 Å². The van der Waals surface area contributed by atoms with Crippen LogP contribution in [0.3, 0.4) is 0 Å². The van der Waals surface area contributed by atoms with E-state index in [2.05, 4.69) is 10.9 Å². The van der Waals surface area contributed by atoms with Gasteiger partial charge in [0.1, 0.15) is 5.75 Å². The van der Waals surface area contributed by atoms with E-state index in [1.54, 1.807) is 6.07 Å². The van der Waals surface area contributed by atoms with Crippen molar-refractivity contribution in [1.29, 1.82) is 0 Å². The maximum absolute atomic E-state index is 12.1. The van der Waals surface area contributed by atoms with E-state index in [1.165, 1.54) is 11.3 Å². The van der Waals surface area contributed by atoms with Gasteiger partial charge in [0, 0.05) is 4.70 Å². The molecule has 6 heteroatoms. The molecular weight excluding hydrogens is 336 g/mol. The molecule has 0 aliphatic heterocycles. The van der Waals surface area contributed by atoms with Crippen LogP contribution >= 0.6 is 11.3 Å². The first-order chi connectivity index (χ1) is 12.0. The third-order valence-corrected chi connectivity index (χ3v) is 4.93. The van der Waals surface area contributed by atoms with Gasteiger partial charge in [0.25, 0.3) is 11.8 Å². The predicted molar refractivity (Wildman–Crippen MR) is 98.8 cm³/mol. The lowest BCUT2D eigenvalue weighted by molar-refractivity contribution is -0.123. The zero-order chi connectivity index (χ0) is 17.8. The van der Waals surface area contributed by atoms with Crippen molar-refractivity contribution in [3.8, 4) is 5.75 Å². The van der Waals surface area contributed by atoms with Gasteiger partial charge in [-0.05, 0) is 54.6 Å². The molecule has 0 radical (unpaired) electrons. The van der Waals surface area contributed by atoms with Crippen LogP contribution < -0.4 is 15.6 Å². The molecule has 5 nitrogen and oxygen atoms in total. The van der Waals surface area contributed by atoms with Gasteiger partial charge in [0.2, 0.25) is 0 Å². The molecule has 1 heterocycles. The predicted octanol–water partition coefficient (Wildman–Crippen LogP) is 3.36.